The smallest absolute Gasteiger partial charge is 0.261 e. The summed E-state index contributed by atoms with van der Waals surface area (Å²) in [5.41, 5.74) is 1.22. The SMILES string of the molecule is Cc1c(Oc2cccc(NSCCCF)c2F)ccc2ncn(C)c(=O)c12. The Morgan fingerprint density at radius 3 is 2.85 bits per heavy atom. The molecule has 5 nitrogen and oxygen atoms in total. The van der Waals surface area contributed by atoms with Crippen LogP contribution in [0.4, 0.5) is 14.5 Å². The molecule has 8 heteroatoms. The molecule has 2 aromatic carbocycles. The van der Waals surface area contributed by atoms with Gasteiger partial charge in [-0.2, -0.15) is 0 Å². The van der Waals surface area contributed by atoms with E-state index in [1.54, 1.807) is 38.2 Å². The van der Waals surface area contributed by atoms with Crippen molar-refractivity contribution in [2.24, 2.45) is 7.05 Å². The van der Waals surface area contributed by atoms with Crippen molar-refractivity contribution in [1.29, 1.82) is 0 Å². The standard InChI is InChI=1S/C19H19F2N3O2S/c1-12-15(8-7-13-17(12)19(25)24(2)11-22-13)26-16-6-3-5-14(18(16)21)23-27-10-4-9-20/h3,5-8,11,23H,4,9-10H2,1-2H3. The Balaban J connectivity index is 1.90. The van der Waals surface area contributed by atoms with E-state index in [-0.39, 0.29) is 17.0 Å². The Labute approximate surface area is 159 Å². The topological polar surface area (TPSA) is 56.1 Å². The number of nitrogens with zero attached hydrogens (tertiary/aromatic N) is 2. The van der Waals surface area contributed by atoms with Gasteiger partial charge in [0.2, 0.25) is 0 Å². The van der Waals surface area contributed by atoms with Crippen LogP contribution in [-0.2, 0) is 7.05 Å². The van der Waals surface area contributed by atoms with E-state index in [0.717, 1.165) is 0 Å². The highest BCUT2D eigenvalue weighted by Gasteiger charge is 2.14. The van der Waals surface area contributed by atoms with Crippen LogP contribution in [0, 0.1) is 12.7 Å². The van der Waals surface area contributed by atoms with Gasteiger partial charge in [-0.15, -0.1) is 0 Å². The van der Waals surface area contributed by atoms with Crippen molar-refractivity contribution >= 4 is 28.5 Å². The van der Waals surface area contributed by atoms with Crippen LogP contribution in [0.3, 0.4) is 0 Å². The Morgan fingerprint density at radius 2 is 2.07 bits per heavy atom. The average Bonchev–Trinajstić information content (AvgIpc) is 2.66. The molecule has 0 saturated carbocycles. The summed E-state index contributed by atoms with van der Waals surface area (Å²) in [6.45, 7) is 1.34. The predicted molar refractivity (Wildman–Crippen MR) is 105 cm³/mol. The van der Waals surface area contributed by atoms with Crippen molar-refractivity contribution in [3.63, 3.8) is 0 Å². The zero-order valence-electron chi connectivity index (χ0n) is 15.0. The second kappa shape index (κ2) is 8.39. The zero-order chi connectivity index (χ0) is 19.4. The highest BCUT2D eigenvalue weighted by molar-refractivity contribution is 8.00. The fourth-order valence-corrected chi connectivity index (χ4v) is 3.26. The summed E-state index contributed by atoms with van der Waals surface area (Å²) in [6.07, 6.45) is 1.86. The zero-order valence-corrected chi connectivity index (χ0v) is 15.8. The maximum atomic E-state index is 14.7. The molecule has 0 aliphatic rings. The van der Waals surface area contributed by atoms with Gasteiger partial charge in [-0.05, 0) is 37.6 Å². The predicted octanol–water partition coefficient (Wildman–Crippen LogP) is 4.59. The molecule has 142 valence electrons. The minimum Gasteiger partial charge on any atom is -0.454 e. The van der Waals surface area contributed by atoms with Crippen LogP contribution in [0.25, 0.3) is 10.9 Å². The number of nitrogens with one attached hydrogen (secondary N) is 1. The lowest BCUT2D eigenvalue weighted by molar-refractivity contribution is 0.441. The molecule has 0 aliphatic heterocycles. The van der Waals surface area contributed by atoms with Crippen LogP contribution >= 0.6 is 11.9 Å². The molecule has 1 heterocycles. The van der Waals surface area contributed by atoms with E-state index in [2.05, 4.69) is 9.71 Å². The van der Waals surface area contributed by atoms with Gasteiger partial charge in [0.25, 0.3) is 5.56 Å². The largest absolute Gasteiger partial charge is 0.454 e. The first-order chi connectivity index (χ1) is 13.0. The van der Waals surface area contributed by atoms with Gasteiger partial charge in [0, 0.05) is 18.4 Å². The van der Waals surface area contributed by atoms with Gasteiger partial charge in [0.1, 0.15) is 5.75 Å². The number of hydrogen-bond acceptors (Lipinski definition) is 5. The van der Waals surface area contributed by atoms with Gasteiger partial charge >= 0.3 is 0 Å². The van der Waals surface area contributed by atoms with Gasteiger partial charge < -0.3 is 14.0 Å². The lowest BCUT2D eigenvalue weighted by Crippen LogP contribution is -2.18. The summed E-state index contributed by atoms with van der Waals surface area (Å²) in [4.78, 5) is 16.6. The number of alkyl halides is 1. The van der Waals surface area contributed by atoms with Crippen LogP contribution in [0.1, 0.15) is 12.0 Å². The number of halogens is 2. The third-order valence-corrected chi connectivity index (χ3v) is 4.90. The second-order valence-corrected chi connectivity index (χ2v) is 6.86. The van der Waals surface area contributed by atoms with Gasteiger partial charge in [0.15, 0.2) is 11.6 Å². The Bertz CT molecular complexity index is 1020. The van der Waals surface area contributed by atoms with Crippen molar-refractivity contribution in [3.8, 4) is 11.5 Å². The molecule has 0 saturated heterocycles. The number of anilines is 1. The minimum absolute atomic E-state index is 0.0363. The van der Waals surface area contributed by atoms with E-state index in [0.29, 0.717) is 34.4 Å². The Morgan fingerprint density at radius 1 is 1.26 bits per heavy atom. The summed E-state index contributed by atoms with van der Waals surface area (Å²) in [7, 11) is 1.62. The monoisotopic (exact) mass is 391 g/mol. The van der Waals surface area contributed by atoms with E-state index in [1.165, 1.54) is 28.9 Å². The molecule has 27 heavy (non-hydrogen) atoms. The average molecular weight is 391 g/mol. The van der Waals surface area contributed by atoms with Crippen molar-refractivity contribution in [2.45, 2.75) is 13.3 Å². The molecular formula is C19H19F2N3O2S. The van der Waals surface area contributed by atoms with E-state index in [4.69, 9.17) is 4.74 Å². The second-order valence-electron chi connectivity index (χ2n) is 5.96. The normalized spacial score (nSPS) is 11.0. The van der Waals surface area contributed by atoms with E-state index in [1.807, 2.05) is 0 Å². The first kappa shape index (κ1) is 19.2. The molecular weight excluding hydrogens is 372 g/mol. The van der Waals surface area contributed by atoms with Crippen molar-refractivity contribution < 1.29 is 13.5 Å². The number of fused-ring (bicyclic) bond motifs is 1. The molecule has 0 amide bonds. The maximum absolute atomic E-state index is 14.7. The molecule has 1 aromatic heterocycles. The van der Waals surface area contributed by atoms with E-state index >= 15 is 0 Å². The van der Waals surface area contributed by atoms with E-state index < -0.39 is 12.5 Å². The molecule has 0 radical (unpaired) electrons. The molecule has 0 fully saturated rings. The van der Waals surface area contributed by atoms with Crippen molar-refractivity contribution in [3.05, 3.63) is 58.4 Å². The summed E-state index contributed by atoms with van der Waals surface area (Å²) >= 11 is 1.23. The maximum Gasteiger partial charge on any atom is 0.261 e. The summed E-state index contributed by atoms with van der Waals surface area (Å²) in [6, 6.07) is 8.09. The molecule has 0 unspecified atom stereocenters. The molecule has 0 spiro atoms. The Kier molecular flexibility index (Phi) is 5.95. The lowest BCUT2D eigenvalue weighted by Gasteiger charge is -2.13. The van der Waals surface area contributed by atoms with Gasteiger partial charge in [0.05, 0.1) is 29.6 Å². The molecule has 0 bridgehead atoms. The van der Waals surface area contributed by atoms with Crippen LogP contribution in [0.15, 0.2) is 41.5 Å². The van der Waals surface area contributed by atoms with Crippen LogP contribution in [0.5, 0.6) is 11.5 Å². The van der Waals surface area contributed by atoms with Crippen LogP contribution in [0.2, 0.25) is 0 Å². The summed E-state index contributed by atoms with van der Waals surface area (Å²) < 4.78 is 36.9. The van der Waals surface area contributed by atoms with Gasteiger partial charge in [-0.25, -0.2) is 9.37 Å². The summed E-state index contributed by atoms with van der Waals surface area (Å²) in [5.74, 6) is 0.396. The number of aromatic nitrogens is 2. The van der Waals surface area contributed by atoms with E-state index in [9.17, 15) is 13.6 Å². The number of rotatable bonds is 7. The highest BCUT2D eigenvalue weighted by Crippen LogP contribution is 2.33. The summed E-state index contributed by atoms with van der Waals surface area (Å²) in [5, 5.41) is 0.439. The third-order valence-electron chi connectivity index (χ3n) is 4.04. The minimum atomic E-state index is -0.552. The van der Waals surface area contributed by atoms with Crippen molar-refractivity contribution in [2.75, 3.05) is 17.1 Å². The lowest BCUT2D eigenvalue weighted by atomic mass is 10.1. The van der Waals surface area contributed by atoms with Crippen molar-refractivity contribution in [1.82, 2.24) is 9.55 Å². The molecule has 0 atom stereocenters. The van der Waals surface area contributed by atoms with Crippen LogP contribution in [-0.4, -0.2) is 22.0 Å². The molecule has 1 N–H and O–H groups in total. The quantitative estimate of drug-likeness (QED) is 0.471. The number of aryl methyl sites for hydroxylation is 2. The third kappa shape index (κ3) is 4.05. The number of hydrogen-bond donors (Lipinski definition) is 1. The number of benzene rings is 2. The Hall–Kier alpha value is -2.61. The highest BCUT2D eigenvalue weighted by atomic mass is 32.2. The van der Waals surface area contributed by atoms with Crippen LogP contribution < -0.4 is 15.0 Å². The fourth-order valence-electron chi connectivity index (χ4n) is 2.59. The first-order valence-electron chi connectivity index (χ1n) is 8.38. The molecule has 3 rings (SSSR count). The molecule has 0 aliphatic carbocycles. The number of ether oxygens (including phenoxy) is 1. The fraction of sp³-hybridized carbons (Fsp3) is 0.263. The first-order valence-corrected chi connectivity index (χ1v) is 9.36. The van der Waals surface area contributed by atoms with Gasteiger partial charge in [-0.3, -0.25) is 9.18 Å². The van der Waals surface area contributed by atoms with Gasteiger partial charge in [-0.1, -0.05) is 18.0 Å². The molecule has 3 aromatic rings.